The Labute approximate surface area is 97.4 Å². The van der Waals surface area contributed by atoms with Crippen LogP contribution in [0.15, 0.2) is 23.8 Å². The van der Waals surface area contributed by atoms with E-state index in [0.29, 0.717) is 0 Å². The van der Waals surface area contributed by atoms with Gasteiger partial charge in [0.2, 0.25) is 0 Å². The average Bonchev–Trinajstić information content (AvgIpc) is 2.26. The molecular formula is C13H19NO2. The fourth-order valence-corrected chi connectivity index (χ4v) is 1.22. The maximum atomic E-state index is 11.3. The second kappa shape index (κ2) is 8.72. The largest absolute Gasteiger partial charge is 0.462 e. The van der Waals surface area contributed by atoms with E-state index in [1.165, 1.54) is 6.08 Å². The van der Waals surface area contributed by atoms with E-state index in [4.69, 9.17) is 10.00 Å². The molecule has 0 aromatic carbocycles. The van der Waals surface area contributed by atoms with Gasteiger partial charge >= 0.3 is 5.97 Å². The summed E-state index contributed by atoms with van der Waals surface area (Å²) in [6, 6.07) is 1.83. The third-order valence-electron chi connectivity index (χ3n) is 2.07. The fraction of sp³-hybridized carbons (Fsp3) is 0.538. The molecule has 0 N–H and O–H groups in total. The van der Waals surface area contributed by atoms with Gasteiger partial charge in [0.15, 0.2) is 0 Å². The molecule has 0 unspecified atom stereocenters. The summed E-state index contributed by atoms with van der Waals surface area (Å²) in [4.78, 5) is 11.3. The van der Waals surface area contributed by atoms with Gasteiger partial charge in [0.25, 0.3) is 0 Å². The van der Waals surface area contributed by atoms with E-state index in [9.17, 15) is 4.79 Å². The van der Waals surface area contributed by atoms with Crippen molar-refractivity contribution in [1.82, 2.24) is 0 Å². The number of hydrogen-bond donors (Lipinski definition) is 0. The summed E-state index contributed by atoms with van der Waals surface area (Å²) in [6.45, 7) is 7.93. The van der Waals surface area contributed by atoms with Crippen LogP contribution in [0.4, 0.5) is 0 Å². The Kier molecular flexibility index (Phi) is 7.87. The Bertz CT molecular complexity index is 310. The predicted octanol–water partition coefficient (Wildman–Crippen LogP) is 3.14. The first kappa shape index (κ1) is 14.4. The Hall–Kier alpha value is -1.56. The number of rotatable bonds is 7. The lowest BCUT2D eigenvalue weighted by Gasteiger charge is -2.02. The molecule has 0 aromatic rings. The Morgan fingerprint density at radius 1 is 1.44 bits per heavy atom. The van der Waals surface area contributed by atoms with Gasteiger partial charge in [-0.2, -0.15) is 5.26 Å². The number of allylic oxidation sites excluding steroid dienone is 2. The summed E-state index contributed by atoms with van der Waals surface area (Å²) < 4.78 is 4.75. The molecule has 0 aliphatic rings. The van der Waals surface area contributed by atoms with Gasteiger partial charge in [-0.25, -0.2) is 4.79 Å². The summed E-state index contributed by atoms with van der Waals surface area (Å²) in [6.07, 6.45) is 5.65. The van der Waals surface area contributed by atoms with Gasteiger partial charge in [-0.1, -0.05) is 31.9 Å². The van der Waals surface area contributed by atoms with Crippen LogP contribution in [0.1, 0.15) is 39.5 Å². The Morgan fingerprint density at radius 2 is 2.12 bits per heavy atom. The topological polar surface area (TPSA) is 50.1 Å². The van der Waals surface area contributed by atoms with E-state index in [0.717, 1.165) is 31.3 Å². The summed E-state index contributed by atoms with van der Waals surface area (Å²) >= 11 is 0. The minimum atomic E-state index is -0.568. The second-order valence-electron chi connectivity index (χ2n) is 3.51. The van der Waals surface area contributed by atoms with Crippen LogP contribution in [0.2, 0.25) is 0 Å². The van der Waals surface area contributed by atoms with E-state index in [-0.39, 0.29) is 12.2 Å². The van der Waals surface area contributed by atoms with Gasteiger partial charge in [-0.3, -0.25) is 0 Å². The molecule has 3 nitrogen and oxygen atoms in total. The lowest BCUT2D eigenvalue weighted by Crippen LogP contribution is -2.06. The third kappa shape index (κ3) is 6.02. The first-order valence-corrected chi connectivity index (χ1v) is 5.62. The number of esters is 1. The zero-order valence-electron chi connectivity index (χ0n) is 10.1. The van der Waals surface area contributed by atoms with Crippen molar-refractivity contribution in [2.75, 3.05) is 6.61 Å². The van der Waals surface area contributed by atoms with Crippen LogP contribution in [0.5, 0.6) is 0 Å². The average molecular weight is 221 g/mol. The van der Waals surface area contributed by atoms with E-state index in [1.807, 2.05) is 6.07 Å². The maximum absolute atomic E-state index is 11.3. The van der Waals surface area contributed by atoms with Crippen molar-refractivity contribution < 1.29 is 9.53 Å². The predicted molar refractivity (Wildman–Crippen MR) is 63.6 cm³/mol. The molecule has 0 saturated carbocycles. The van der Waals surface area contributed by atoms with Crippen LogP contribution in [0.25, 0.3) is 0 Å². The van der Waals surface area contributed by atoms with E-state index in [1.54, 1.807) is 6.92 Å². The number of carbonyl (C=O) groups is 1. The molecule has 88 valence electrons. The maximum Gasteiger partial charge on any atom is 0.348 e. The van der Waals surface area contributed by atoms with Crippen molar-refractivity contribution in [2.24, 2.45) is 0 Å². The van der Waals surface area contributed by atoms with Gasteiger partial charge < -0.3 is 4.74 Å². The van der Waals surface area contributed by atoms with Crippen molar-refractivity contribution >= 4 is 5.97 Å². The second-order valence-corrected chi connectivity index (χ2v) is 3.51. The standard InChI is InChI=1S/C13H19NO2/c1-4-6-7-8-11(3)9-12(10-14)13(15)16-5-2/h9H,3-8H2,1-2H3/b12-9+. The number of nitrogens with zero attached hydrogens (tertiary/aromatic N) is 1. The third-order valence-corrected chi connectivity index (χ3v) is 2.07. The van der Waals surface area contributed by atoms with E-state index in [2.05, 4.69) is 13.5 Å². The first-order chi connectivity index (χ1) is 7.65. The molecule has 0 radical (unpaired) electrons. The first-order valence-electron chi connectivity index (χ1n) is 5.62. The Morgan fingerprint density at radius 3 is 2.62 bits per heavy atom. The van der Waals surface area contributed by atoms with Crippen molar-refractivity contribution in [1.29, 1.82) is 5.26 Å². The molecule has 0 amide bonds. The van der Waals surface area contributed by atoms with Crippen molar-refractivity contribution in [3.05, 3.63) is 23.8 Å². The SMILES string of the molecule is C=C(/C=C(\C#N)C(=O)OCC)CCCCC. The lowest BCUT2D eigenvalue weighted by atomic mass is 10.1. The van der Waals surface area contributed by atoms with Gasteiger partial charge in [0, 0.05) is 0 Å². The van der Waals surface area contributed by atoms with E-state index >= 15 is 0 Å². The Balaban J connectivity index is 4.30. The van der Waals surface area contributed by atoms with Crippen LogP contribution in [0, 0.1) is 11.3 Å². The molecule has 0 aromatic heterocycles. The molecule has 0 fully saturated rings. The molecule has 0 aliphatic heterocycles. The molecule has 0 aliphatic carbocycles. The molecular weight excluding hydrogens is 202 g/mol. The van der Waals surface area contributed by atoms with E-state index < -0.39 is 5.97 Å². The highest BCUT2D eigenvalue weighted by Crippen LogP contribution is 2.11. The number of nitriles is 1. The van der Waals surface area contributed by atoms with Crippen LogP contribution in [-0.4, -0.2) is 12.6 Å². The van der Waals surface area contributed by atoms with Gasteiger partial charge in [0.1, 0.15) is 11.6 Å². The lowest BCUT2D eigenvalue weighted by molar-refractivity contribution is -0.138. The van der Waals surface area contributed by atoms with Crippen LogP contribution in [0.3, 0.4) is 0 Å². The smallest absolute Gasteiger partial charge is 0.348 e. The highest BCUT2D eigenvalue weighted by molar-refractivity contribution is 5.93. The molecule has 0 spiro atoms. The van der Waals surface area contributed by atoms with Crippen molar-refractivity contribution in [3.8, 4) is 6.07 Å². The van der Waals surface area contributed by atoms with Crippen LogP contribution < -0.4 is 0 Å². The van der Waals surface area contributed by atoms with Crippen LogP contribution >= 0.6 is 0 Å². The molecule has 0 rings (SSSR count). The molecule has 0 heterocycles. The highest BCUT2D eigenvalue weighted by Gasteiger charge is 2.09. The zero-order valence-corrected chi connectivity index (χ0v) is 10.1. The van der Waals surface area contributed by atoms with Gasteiger partial charge in [0.05, 0.1) is 6.61 Å². The molecule has 16 heavy (non-hydrogen) atoms. The number of carbonyl (C=O) groups excluding carboxylic acids is 1. The summed E-state index contributed by atoms with van der Waals surface area (Å²) in [5, 5.41) is 8.78. The highest BCUT2D eigenvalue weighted by atomic mass is 16.5. The zero-order chi connectivity index (χ0) is 12.4. The fourth-order valence-electron chi connectivity index (χ4n) is 1.22. The van der Waals surface area contributed by atoms with Crippen LogP contribution in [-0.2, 0) is 9.53 Å². The normalized spacial score (nSPS) is 10.7. The van der Waals surface area contributed by atoms with Gasteiger partial charge in [-0.05, 0) is 25.8 Å². The minimum Gasteiger partial charge on any atom is -0.462 e. The molecule has 0 atom stereocenters. The summed E-state index contributed by atoms with van der Waals surface area (Å²) in [7, 11) is 0. The molecule has 3 heteroatoms. The molecule has 0 bridgehead atoms. The van der Waals surface area contributed by atoms with Crippen molar-refractivity contribution in [3.63, 3.8) is 0 Å². The number of unbranched alkanes of at least 4 members (excludes halogenated alkanes) is 2. The summed E-state index contributed by atoms with van der Waals surface area (Å²) in [5.74, 6) is -0.568. The molecule has 0 saturated heterocycles. The summed E-state index contributed by atoms with van der Waals surface area (Å²) in [5.41, 5.74) is 0.835. The van der Waals surface area contributed by atoms with Crippen molar-refractivity contribution in [2.45, 2.75) is 39.5 Å². The quantitative estimate of drug-likeness (QED) is 0.218. The number of ether oxygens (including phenoxy) is 1. The van der Waals surface area contributed by atoms with Gasteiger partial charge in [-0.15, -0.1) is 0 Å². The minimum absolute atomic E-state index is 0.0309. The monoisotopic (exact) mass is 221 g/mol. The number of hydrogen-bond acceptors (Lipinski definition) is 3.